The molecule has 2 aromatic rings. The maximum atomic E-state index is 14.0. The van der Waals surface area contributed by atoms with E-state index in [-0.39, 0.29) is 17.2 Å². The molecular weight excluding hydrogens is 293 g/mol. The first-order valence-corrected chi connectivity index (χ1v) is 8.16. The lowest BCUT2D eigenvalue weighted by Gasteiger charge is -2.10. The minimum absolute atomic E-state index is 0.196. The van der Waals surface area contributed by atoms with Gasteiger partial charge in [0.2, 0.25) is 0 Å². The highest BCUT2D eigenvalue weighted by Gasteiger charge is 2.09. The van der Waals surface area contributed by atoms with Crippen LogP contribution >= 0.6 is 0 Å². The molecule has 0 spiro atoms. The van der Waals surface area contributed by atoms with Gasteiger partial charge in [-0.3, -0.25) is 0 Å². The fourth-order valence-electron chi connectivity index (χ4n) is 1.87. The van der Waals surface area contributed by atoms with E-state index in [0.717, 1.165) is 6.26 Å². The lowest BCUT2D eigenvalue weighted by molar-refractivity contribution is 0.384. The molecule has 21 heavy (non-hydrogen) atoms. The summed E-state index contributed by atoms with van der Waals surface area (Å²) >= 11 is 0. The number of hydrogen-bond donors (Lipinski definition) is 1. The third-order valence-electron chi connectivity index (χ3n) is 3.03. The van der Waals surface area contributed by atoms with Crippen LogP contribution in [0.15, 0.2) is 47.4 Å². The Morgan fingerprint density at radius 2 is 1.81 bits per heavy atom. The molecule has 1 N–H and O–H groups in total. The molecule has 0 aliphatic rings. The molecule has 4 nitrogen and oxygen atoms in total. The first-order valence-electron chi connectivity index (χ1n) is 6.27. The summed E-state index contributed by atoms with van der Waals surface area (Å²) in [6.07, 6.45) is 1.15. The first-order chi connectivity index (χ1) is 9.91. The average molecular weight is 309 g/mol. The summed E-state index contributed by atoms with van der Waals surface area (Å²) < 4.78 is 41.6. The largest absolute Gasteiger partial charge is 0.494 e. The Hall–Kier alpha value is -2.08. The minimum atomic E-state index is -3.21. The summed E-state index contributed by atoms with van der Waals surface area (Å²) in [5.41, 5.74) is 1.19. The van der Waals surface area contributed by atoms with Gasteiger partial charge in [0, 0.05) is 24.1 Å². The van der Waals surface area contributed by atoms with Crippen LogP contribution in [0, 0.1) is 5.82 Å². The quantitative estimate of drug-likeness (QED) is 0.923. The average Bonchev–Trinajstić information content (AvgIpc) is 2.46. The SMILES string of the molecule is COc1cccc(CNc2ccc(S(C)(=O)=O)cc2)c1F. The lowest BCUT2D eigenvalue weighted by Crippen LogP contribution is -2.03. The van der Waals surface area contributed by atoms with Crippen molar-refractivity contribution in [3.63, 3.8) is 0 Å². The topological polar surface area (TPSA) is 55.4 Å². The molecule has 112 valence electrons. The molecule has 6 heteroatoms. The van der Waals surface area contributed by atoms with E-state index in [0.29, 0.717) is 11.3 Å². The number of nitrogens with one attached hydrogen (secondary N) is 1. The summed E-state index contributed by atoms with van der Waals surface area (Å²) in [6.45, 7) is 0.279. The second-order valence-electron chi connectivity index (χ2n) is 4.58. The number of hydrogen-bond acceptors (Lipinski definition) is 4. The number of methoxy groups -OCH3 is 1. The zero-order valence-corrected chi connectivity index (χ0v) is 12.6. The van der Waals surface area contributed by atoms with E-state index in [4.69, 9.17) is 4.74 Å². The van der Waals surface area contributed by atoms with Gasteiger partial charge in [-0.25, -0.2) is 12.8 Å². The summed E-state index contributed by atoms with van der Waals surface area (Å²) in [5, 5.41) is 3.04. The van der Waals surface area contributed by atoms with Gasteiger partial charge in [-0.2, -0.15) is 0 Å². The normalized spacial score (nSPS) is 11.2. The lowest BCUT2D eigenvalue weighted by atomic mass is 10.2. The molecule has 0 aromatic heterocycles. The molecule has 0 fully saturated rings. The highest BCUT2D eigenvalue weighted by atomic mass is 32.2. The van der Waals surface area contributed by atoms with E-state index in [1.165, 1.54) is 19.2 Å². The van der Waals surface area contributed by atoms with Gasteiger partial charge in [0.15, 0.2) is 21.4 Å². The maximum absolute atomic E-state index is 14.0. The molecule has 0 aliphatic heterocycles. The van der Waals surface area contributed by atoms with Gasteiger partial charge in [0.05, 0.1) is 12.0 Å². The van der Waals surface area contributed by atoms with Crippen molar-refractivity contribution in [2.45, 2.75) is 11.4 Å². The van der Waals surface area contributed by atoms with Crippen LogP contribution in [0.3, 0.4) is 0 Å². The molecule has 0 aliphatic carbocycles. The molecule has 0 bridgehead atoms. The molecule has 0 atom stereocenters. The summed E-state index contributed by atoms with van der Waals surface area (Å²) in [6, 6.07) is 11.3. The summed E-state index contributed by atoms with van der Waals surface area (Å²) in [4.78, 5) is 0.251. The van der Waals surface area contributed by atoms with Crippen molar-refractivity contribution in [3.05, 3.63) is 53.8 Å². The molecule has 0 unspecified atom stereocenters. The highest BCUT2D eigenvalue weighted by molar-refractivity contribution is 7.90. The van der Waals surface area contributed by atoms with E-state index in [2.05, 4.69) is 5.32 Å². The number of halogens is 1. The Kier molecular flexibility index (Phi) is 4.47. The number of benzene rings is 2. The van der Waals surface area contributed by atoms with E-state index >= 15 is 0 Å². The smallest absolute Gasteiger partial charge is 0.175 e. The fourth-order valence-corrected chi connectivity index (χ4v) is 2.50. The second kappa shape index (κ2) is 6.13. The first kappa shape index (κ1) is 15.3. The van der Waals surface area contributed by atoms with Gasteiger partial charge >= 0.3 is 0 Å². The fraction of sp³-hybridized carbons (Fsp3) is 0.200. The van der Waals surface area contributed by atoms with Crippen molar-refractivity contribution in [1.29, 1.82) is 0 Å². The van der Waals surface area contributed by atoms with Crippen molar-refractivity contribution < 1.29 is 17.5 Å². The van der Waals surface area contributed by atoms with Crippen molar-refractivity contribution >= 4 is 15.5 Å². The van der Waals surface area contributed by atoms with Gasteiger partial charge in [-0.05, 0) is 30.3 Å². The molecule has 2 rings (SSSR count). The Morgan fingerprint density at radius 1 is 1.14 bits per heavy atom. The zero-order valence-electron chi connectivity index (χ0n) is 11.8. The van der Waals surface area contributed by atoms with Crippen LogP contribution in [0.25, 0.3) is 0 Å². The minimum Gasteiger partial charge on any atom is -0.494 e. The predicted molar refractivity (Wildman–Crippen MR) is 79.8 cm³/mol. The van der Waals surface area contributed by atoms with Crippen LogP contribution in [0.1, 0.15) is 5.56 Å². The molecule has 2 aromatic carbocycles. The Balaban J connectivity index is 2.10. The van der Waals surface area contributed by atoms with Crippen LogP contribution in [0.2, 0.25) is 0 Å². The van der Waals surface area contributed by atoms with Gasteiger partial charge in [-0.15, -0.1) is 0 Å². The van der Waals surface area contributed by atoms with Crippen molar-refractivity contribution in [2.24, 2.45) is 0 Å². The van der Waals surface area contributed by atoms with Crippen LogP contribution in [0.5, 0.6) is 5.75 Å². The molecule has 0 radical (unpaired) electrons. The number of rotatable bonds is 5. The zero-order chi connectivity index (χ0) is 15.5. The predicted octanol–water partition coefficient (Wildman–Crippen LogP) is 2.85. The molecule has 0 saturated carbocycles. The summed E-state index contributed by atoms with van der Waals surface area (Å²) in [7, 11) is -1.79. The molecule has 0 heterocycles. The number of ether oxygens (including phenoxy) is 1. The second-order valence-corrected chi connectivity index (χ2v) is 6.60. The van der Waals surface area contributed by atoms with E-state index < -0.39 is 15.7 Å². The molecule has 0 amide bonds. The molecule has 0 saturated heterocycles. The number of sulfone groups is 1. The highest BCUT2D eigenvalue weighted by Crippen LogP contribution is 2.21. The van der Waals surface area contributed by atoms with E-state index in [9.17, 15) is 12.8 Å². The Bertz CT molecular complexity index is 727. The Labute approximate surface area is 123 Å². The third kappa shape index (κ3) is 3.72. The van der Waals surface area contributed by atoms with Gasteiger partial charge in [0.25, 0.3) is 0 Å². The number of anilines is 1. The van der Waals surface area contributed by atoms with Crippen LogP contribution in [-0.4, -0.2) is 21.8 Å². The standard InChI is InChI=1S/C15H16FNO3S/c1-20-14-5-3-4-11(15(14)16)10-17-12-6-8-13(9-7-12)21(2,18)19/h3-9,17H,10H2,1-2H3. The van der Waals surface area contributed by atoms with Gasteiger partial charge < -0.3 is 10.1 Å². The van der Waals surface area contributed by atoms with Crippen molar-refractivity contribution in [3.8, 4) is 5.75 Å². The van der Waals surface area contributed by atoms with Crippen LogP contribution in [-0.2, 0) is 16.4 Å². The Morgan fingerprint density at radius 3 is 2.38 bits per heavy atom. The van der Waals surface area contributed by atoms with Crippen molar-refractivity contribution in [2.75, 3.05) is 18.7 Å². The van der Waals surface area contributed by atoms with Crippen LogP contribution < -0.4 is 10.1 Å². The monoisotopic (exact) mass is 309 g/mol. The third-order valence-corrected chi connectivity index (χ3v) is 4.16. The van der Waals surface area contributed by atoms with E-state index in [1.807, 2.05) is 0 Å². The van der Waals surface area contributed by atoms with E-state index in [1.54, 1.807) is 30.3 Å². The van der Waals surface area contributed by atoms with Gasteiger partial charge in [-0.1, -0.05) is 12.1 Å². The van der Waals surface area contributed by atoms with Crippen LogP contribution in [0.4, 0.5) is 10.1 Å². The maximum Gasteiger partial charge on any atom is 0.175 e. The van der Waals surface area contributed by atoms with Gasteiger partial charge in [0.1, 0.15) is 0 Å². The molecular formula is C15H16FNO3S. The summed E-state index contributed by atoms with van der Waals surface area (Å²) in [5.74, 6) is -0.206. The van der Waals surface area contributed by atoms with Crippen molar-refractivity contribution in [1.82, 2.24) is 0 Å².